The van der Waals surface area contributed by atoms with Crippen LogP contribution < -0.4 is 0 Å². The molecule has 0 saturated carbocycles. The highest BCUT2D eigenvalue weighted by molar-refractivity contribution is 6.32. The van der Waals surface area contributed by atoms with Crippen molar-refractivity contribution in [3.63, 3.8) is 0 Å². The van der Waals surface area contributed by atoms with Gasteiger partial charge in [-0.05, 0) is 46.4 Å². The number of hydrogen-bond acceptors (Lipinski definition) is 3. The number of amides is 1. The quantitative estimate of drug-likeness (QED) is 0.227. The van der Waals surface area contributed by atoms with Gasteiger partial charge in [-0.3, -0.25) is 4.79 Å². The number of aryl methyl sites for hydroxylation is 1. The predicted molar refractivity (Wildman–Crippen MR) is 154 cm³/mol. The van der Waals surface area contributed by atoms with Crippen molar-refractivity contribution in [2.45, 2.75) is 32.7 Å². The summed E-state index contributed by atoms with van der Waals surface area (Å²) >= 11 is 6.17. The number of imidazole rings is 1. The third-order valence-corrected chi connectivity index (χ3v) is 6.82. The largest absolute Gasteiger partial charge is 0.476 e. The molecule has 0 radical (unpaired) electrons. The van der Waals surface area contributed by atoms with Crippen LogP contribution in [0, 0.1) is 6.57 Å². The van der Waals surface area contributed by atoms with Gasteiger partial charge in [-0.2, -0.15) is 0 Å². The van der Waals surface area contributed by atoms with Crippen molar-refractivity contribution in [3.05, 3.63) is 106 Å². The summed E-state index contributed by atoms with van der Waals surface area (Å²) in [5, 5.41) is 9.71. The lowest BCUT2D eigenvalue weighted by Crippen LogP contribution is -2.21. The van der Waals surface area contributed by atoms with Crippen LogP contribution in [0.5, 0.6) is 0 Å². The Bertz CT molecular complexity index is 1550. The molecule has 4 rings (SSSR count). The van der Waals surface area contributed by atoms with Gasteiger partial charge in [0.15, 0.2) is 16.5 Å². The Morgan fingerprint density at radius 3 is 2.23 bits per heavy atom. The molecule has 1 heterocycles. The molecule has 0 aliphatic carbocycles. The maximum atomic E-state index is 12.2. The number of hydrogen-bond donors (Lipinski definition) is 1. The van der Waals surface area contributed by atoms with Crippen LogP contribution in [0.3, 0.4) is 0 Å². The molecule has 0 saturated heterocycles. The topological polar surface area (TPSA) is 79.8 Å². The van der Waals surface area contributed by atoms with E-state index in [1.54, 1.807) is 36.9 Å². The Hall–Kier alpha value is -4.41. The summed E-state index contributed by atoms with van der Waals surface area (Å²) < 4.78 is 1.67. The molecule has 0 aliphatic rings. The predicted octanol–water partition coefficient (Wildman–Crippen LogP) is 7.21. The van der Waals surface area contributed by atoms with Crippen LogP contribution in [0.1, 0.15) is 52.0 Å². The summed E-state index contributed by atoms with van der Waals surface area (Å²) in [7, 11) is 3.44. The van der Waals surface area contributed by atoms with Crippen molar-refractivity contribution in [2.24, 2.45) is 0 Å². The molecule has 0 atom stereocenters. The standard InChI is InChI=1S/C31H29ClN4O3/c1-5-6-7-27-34-29(32)28(31(38)39)36(27)19-20-8-10-22(11-9-20)25-18-24(16-17-26(25)33-2)21-12-14-23(15-13-21)30(37)35(3)4/h8-18H,5-7,19H2,1,3-4H3,(H,38,39). The number of halogens is 1. The Morgan fingerprint density at radius 2 is 1.64 bits per heavy atom. The first-order chi connectivity index (χ1) is 18.7. The van der Waals surface area contributed by atoms with Crippen LogP contribution in [-0.2, 0) is 13.0 Å². The van der Waals surface area contributed by atoms with E-state index in [1.165, 1.54) is 4.90 Å². The first-order valence-electron chi connectivity index (χ1n) is 12.6. The number of rotatable bonds is 9. The molecule has 4 aromatic rings. The number of carbonyl (C=O) groups is 2. The van der Waals surface area contributed by atoms with Crippen LogP contribution in [0.25, 0.3) is 27.1 Å². The molecule has 1 N–H and O–H groups in total. The Balaban J connectivity index is 1.64. The van der Waals surface area contributed by atoms with Crippen molar-refractivity contribution in [3.8, 4) is 22.3 Å². The summed E-state index contributed by atoms with van der Waals surface area (Å²) in [6.07, 6.45) is 2.49. The van der Waals surface area contributed by atoms with Crippen molar-refractivity contribution in [2.75, 3.05) is 14.1 Å². The molecule has 198 valence electrons. The van der Waals surface area contributed by atoms with E-state index in [9.17, 15) is 14.7 Å². The molecule has 8 heteroatoms. The molecular weight excluding hydrogens is 512 g/mol. The molecule has 0 unspecified atom stereocenters. The van der Waals surface area contributed by atoms with Crippen LogP contribution in [0.2, 0.25) is 5.15 Å². The van der Waals surface area contributed by atoms with Gasteiger partial charge in [0.2, 0.25) is 0 Å². The second-order valence-corrected chi connectivity index (χ2v) is 9.84. The van der Waals surface area contributed by atoms with Crippen molar-refractivity contribution in [1.82, 2.24) is 14.5 Å². The minimum Gasteiger partial charge on any atom is -0.476 e. The third-order valence-electron chi connectivity index (χ3n) is 6.55. The highest BCUT2D eigenvalue weighted by Gasteiger charge is 2.21. The molecule has 0 fully saturated rings. The minimum atomic E-state index is -1.11. The van der Waals surface area contributed by atoms with Gasteiger partial charge in [-0.1, -0.05) is 79.5 Å². The van der Waals surface area contributed by atoms with Gasteiger partial charge in [0.05, 0.1) is 6.57 Å². The maximum absolute atomic E-state index is 12.2. The smallest absolute Gasteiger partial charge is 0.355 e. The number of aromatic nitrogens is 2. The summed E-state index contributed by atoms with van der Waals surface area (Å²) in [5.41, 5.74) is 5.58. The number of carbonyl (C=O) groups excluding carboxylic acids is 1. The highest BCUT2D eigenvalue weighted by Crippen LogP contribution is 2.35. The van der Waals surface area contributed by atoms with E-state index in [0.29, 0.717) is 30.0 Å². The van der Waals surface area contributed by atoms with Gasteiger partial charge in [0, 0.05) is 32.6 Å². The second kappa shape index (κ2) is 12.0. The van der Waals surface area contributed by atoms with Crippen LogP contribution >= 0.6 is 11.6 Å². The monoisotopic (exact) mass is 540 g/mol. The summed E-state index contributed by atoms with van der Waals surface area (Å²) in [4.78, 5) is 33.7. The molecule has 39 heavy (non-hydrogen) atoms. The lowest BCUT2D eigenvalue weighted by molar-refractivity contribution is 0.0685. The zero-order chi connectivity index (χ0) is 28.1. The van der Waals surface area contributed by atoms with E-state index >= 15 is 0 Å². The Kier molecular flexibility index (Phi) is 8.48. The molecule has 0 spiro atoms. The van der Waals surface area contributed by atoms with E-state index in [1.807, 2.05) is 48.5 Å². The van der Waals surface area contributed by atoms with E-state index in [4.69, 9.17) is 18.2 Å². The van der Waals surface area contributed by atoms with Gasteiger partial charge in [0.1, 0.15) is 5.82 Å². The molecule has 1 amide bonds. The van der Waals surface area contributed by atoms with E-state index < -0.39 is 5.97 Å². The zero-order valence-corrected chi connectivity index (χ0v) is 22.9. The maximum Gasteiger partial charge on any atom is 0.355 e. The molecular formula is C31H29ClN4O3. The number of unbranched alkanes of at least 4 members (excludes halogenated alkanes) is 1. The normalized spacial score (nSPS) is 10.7. The molecule has 0 bridgehead atoms. The second-order valence-electron chi connectivity index (χ2n) is 9.48. The fraction of sp³-hybridized carbons (Fsp3) is 0.226. The fourth-order valence-electron chi connectivity index (χ4n) is 4.45. The van der Waals surface area contributed by atoms with Crippen molar-refractivity contribution < 1.29 is 14.7 Å². The van der Waals surface area contributed by atoms with Gasteiger partial charge in [-0.25, -0.2) is 14.6 Å². The molecule has 7 nitrogen and oxygen atoms in total. The number of benzene rings is 3. The van der Waals surface area contributed by atoms with Crippen LogP contribution in [-0.4, -0.2) is 45.5 Å². The zero-order valence-electron chi connectivity index (χ0n) is 22.1. The SMILES string of the molecule is [C-]#[N+]c1ccc(-c2ccc(C(=O)N(C)C)cc2)cc1-c1ccc(Cn2c(CCCC)nc(Cl)c2C(=O)O)cc1. The van der Waals surface area contributed by atoms with Gasteiger partial charge < -0.3 is 14.6 Å². The lowest BCUT2D eigenvalue weighted by atomic mass is 9.96. The molecule has 3 aromatic carbocycles. The van der Waals surface area contributed by atoms with Gasteiger partial charge in [-0.15, -0.1) is 0 Å². The summed E-state index contributed by atoms with van der Waals surface area (Å²) in [5.74, 6) is -0.509. The highest BCUT2D eigenvalue weighted by atomic mass is 35.5. The molecule has 0 aliphatic heterocycles. The van der Waals surface area contributed by atoms with Crippen LogP contribution in [0.4, 0.5) is 5.69 Å². The number of carboxylic acids is 1. The van der Waals surface area contributed by atoms with Gasteiger partial charge in [0.25, 0.3) is 5.91 Å². The average Bonchev–Trinajstić information content (AvgIpc) is 3.25. The van der Waals surface area contributed by atoms with Crippen molar-refractivity contribution in [1.29, 1.82) is 0 Å². The number of aromatic carboxylic acids is 1. The first kappa shape index (κ1) is 27.6. The summed E-state index contributed by atoms with van der Waals surface area (Å²) in [6, 6.07) is 20.8. The number of nitrogens with zero attached hydrogens (tertiary/aromatic N) is 4. The van der Waals surface area contributed by atoms with Gasteiger partial charge >= 0.3 is 5.97 Å². The lowest BCUT2D eigenvalue weighted by Gasteiger charge is -2.13. The molecule has 1 aromatic heterocycles. The first-order valence-corrected chi connectivity index (χ1v) is 13.0. The van der Waals surface area contributed by atoms with Crippen molar-refractivity contribution >= 4 is 29.2 Å². The number of carboxylic acid groups (broad SMARTS) is 1. The third kappa shape index (κ3) is 6.02. The van der Waals surface area contributed by atoms with E-state index in [-0.39, 0.29) is 16.8 Å². The minimum absolute atomic E-state index is 0.00264. The van der Waals surface area contributed by atoms with Crippen LogP contribution in [0.15, 0.2) is 66.7 Å². The average molecular weight is 541 g/mol. The van der Waals surface area contributed by atoms with E-state index in [0.717, 1.165) is 40.7 Å². The fourth-order valence-corrected chi connectivity index (χ4v) is 4.73. The Morgan fingerprint density at radius 1 is 1.00 bits per heavy atom. The Labute approximate surface area is 233 Å². The van der Waals surface area contributed by atoms with E-state index in [2.05, 4.69) is 16.8 Å². The summed E-state index contributed by atoms with van der Waals surface area (Å²) in [6.45, 7) is 10.1.